The Morgan fingerprint density at radius 3 is 2.78 bits per heavy atom. The Morgan fingerprint density at radius 2 is 2.17 bits per heavy atom. The number of morpholine rings is 1. The van der Waals surface area contributed by atoms with Crippen LogP contribution in [0.25, 0.3) is 0 Å². The SMILES string of the molecule is C[C@@H]1CN(Cc2cccnc2C(=N)N)C[C@H](C)O1. The van der Waals surface area contributed by atoms with Crippen LogP contribution in [0.5, 0.6) is 0 Å². The van der Waals surface area contributed by atoms with Gasteiger partial charge in [-0.05, 0) is 25.5 Å². The van der Waals surface area contributed by atoms with Gasteiger partial charge >= 0.3 is 0 Å². The summed E-state index contributed by atoms with van der Waals surface area (Å²) in [6.07, 6.45) is 2.16. The zero-order valence-corrected chi connectivity index (χ0v) is 10.9. The number of nitrogens with zero attached hydrogens (tertiary/aromatic N) is 2. The van der Waals surface area contributed by atoms with Crippen molar-refractivity contribution in [3.63, 3.8) is 0 Å². The number of nitrogen functional groups attached to an aromatic ring is 1. The predicted octanol–water partition coefficient (Wildman–Crippen LogP) is 0.975. The number of ether oxygens (including phenoxy) is 1. The molecule has 5 nitrogen and oxygen atoms in total. The molecule has 5 heteroatoms. The van der Waals surface area contributed by atoms with Gasteiger partial charge in [0.15, 0.2) is 0 Å². The third-order valence-electron chi connectivity index (χ3n) is 3.04. The van der Waals surface area contributed by atoms with Crippen molar-refractivity contribution in [2.75, 3.05) is 13.1 Å². The zero-order chi connectivity index (χ0) is 13.1. The fourth-order valence-electron chi connectivity index (χ4n) is 2.46. The molecular formula is C13H20N4O. The molecule has 0 aliphatic carbocycles. The van der Waals surface area contributed by atoms with Gasteiger partial charge in [0.05, 0.1) is 12.2 Å². The molecule has 3 N–H and O–H groups in total. The van der Waals surface area contributed by atoms with Crippen LogP contribution in [0.1, 0.15) is 25.1 Å². The lowest BCUT2D eigenvalue weighted by Gasteiger charge is -2.35. The highest BCUT2D eigenvalue weighted by Crippen LogP contribution is 2.15. The topological polar surface area (TPSA) is 75.2 Å². The van der Waals surface area contributed by atoms with E-state index < -0.39 is 0 Å². The van der Waals surface area contributed by atoms with Gasteiger partial charge in [-0.1, -0.05) is 6.07 Å². The number of rotatable bonds is 3. The third-order valence-corrected chi connectivity index (χ3v) is 3.04. The van der Waals surface area contributed by atoms with E-state index in [1.807, 2.05) is 12.1 Å². The predicted molar refractivity (Wildman–Crippen MR) is 70.5 cm³/mol. The molecule has 2 atom stereocenters. The number of hydrogen-bond donors (Lipinski definition) is 2. The van der Waals surface area contributed by atoms with Gasteiger partial charge in [0.25, 0.3) is 0 Å². The minimum Gasteiger partial charge on any atom is -0.382 e. The zero-order valence-electron chi connectivity index (χ0n) is 10.9. The first-order chi connectivity index (χ1) is 8.56. The maximum Gasteiger partial charge on any atom is 0.142 e. The Hall–Kier alpha value is -1.46. The van der Waals surface area contributed by atoms with E-state index in [-0.39, 0.29) is 18.0 Å². The molecule has 2 heterocycles. The highest BCUT2D eigenvalue weighted by Gasteiger charge is 2.23. The van der Waals surface area contributed by atoms with Gasteiger partial charge in [-0.2, -0.15) is 0 Å². The number of hydrogen-bond acceptors (Lipinski definition) is 4. The number of nitrogens with one attached hydrogen (secondary N) is 1. The van der Waals surface area contributed by atoms with Crippen molar-refractivity contribution in [2.45, 2.75) is 32.6 Å². The molecule has 0 spiro atoms. The molecule has 2 rings (SSSR count). The Morgan fingerprint density at radius 1 is 1.50 bits per heavy atom. The molecule has 0 amide bonds. The van der Waals surface area contributed by atoms with E-state index in [1.165, 1.54) is 0 Å². The summed E-state index contributed by atoms with van der Waals surface area (Å²) in [5, 5.41) is 7.54. The van der Waals surface area contributed by atoms with Crippen LogP contribution in [0.4, 0.5) is 0 Å². The number of aromatic nitrogens is 1. The van der Waals surface area contributed by atoms with Crippen molar-refractivity contribution in [2.24, 2.45) is 5.73 Å². The molecule has 0 saturated carbocycles. The summed E-state index contributed by atoms with van der Waals surface area (Å²) in [5.41, 5.74) is 7.15. The van der Waals surface area contributed by atoms with Crippen molar-refractivity contribution < 1.29 is 4.74 Å². The highest BCUT2D eigenvalue weighted by molar-refractivity contribution is 5.94. The molecule has 1 fully saturated rings. The summed E-state index contributed by atoms with van der Waals surface area (Å²) in [5.74, 6) is 0.0277. The molecule has 1 aromatic heterocycles. The van der Waals surface area contributed by atoms with Crippen molar-refractivity contribution >= 4 is 5.84 Å². The summed E-state index contributed by atoms with van der Waals surface area (Å²) >= 11 is 0. The second kappa shape index (κ2) is 5.46. The highest BCUT2D eigenvalue weighted by atomic mass is 16.5. The smallest absolute Gasteiger partial charge is 0.142 e. The fraction of sp³-hybridized carbons (Fsp3) is 0.538. The van der Waals surface area contributed by atoms with Gasteiger partial charge in [-0.3, -0.25) is 15.3 Å². The number of pyridine rings is 1. The van der Waals surface area contributed by atoms with E-state index in [2.05, 4.69) is 23.7 Å². The number of amidine groups is 1. The first kappa shape index (κ1) is 13.0. The van der Waals surface area contributed by atoms with Crippen molar-refractivity contribution in [3.8, 4) is 0 Å². The van der Waals surface area contributed by atoms with Gasteiger partial charge in [-0.15, -0.1) is 0 Å². The van der Waals surface area contributed by atoms with Crippen LogP contribution >= 0.6 is 0 Å². The van der Waals surface area contributed by atoms with Crippen molar-refractivity contribution in [3.05, 3.63) is 29.6 Å². The maximum atomic E-state index is 7.54. The summed E-state index contributed by atoms with van der Waals surface area (Å²) < 4.78 is 5.71. The summed E-state index contributed by atoms with van der Waals surface area (Å²) in [6.45, 7) is 6.73. The lowest BCUT2D eigenvalue weighted by Crippen LogP contribution is -2.45. The lowest BCUT2D eigenvalue weighted by atomic mass is 10.1. The molecule has 0 unspecified atom stereocenters. The lowest BCUT2D eigenvalue weighted by molar-refractivity contribution is -0.0705. The Kier molecular flexibility index (Phi) is 3.93. The molecule has 18 heavy (non-hydrogen) atoms. The molecule has 98 valence electrons. The van der Waals surface area contributed by atoms with Crippen LogP contribution < -0.4 is 5.73 Å². The minimum atomic E-state index is 0.0277. The normalized spacial score (nSPS) is 25.0. The average molecular weight is 248 g/mol. The Bertz CT molecular complexity index is 425. The van der Waals surface area contributed by atoms with E-state index in [9.17, 15) is 0 Å². The van der Waals surface area contributed by atoms with E-state index in [0.717, 1.165) is 25.2 Å². The van der Waals surface area contributed by atoms with Crippen LogP contribution in [-0.4, -0.2) is 41.0 Å². The van der Waals surface area contributed by atoms with Crippen LogP contribution in [-0.2, 0) is 11.3 Å². The van der Waals surface area contributed by atoms with E-state index >= 15 is 0 Å². The van der Waals surface area contributed by atoms with Crippen molar-refractivity contribution in [1.29, 1.82) is 5.41 Å². The number of nitrogens with two attached hydrogens (primary N) is 1. The standard InChI is InChI=1S/C13H20N4O/c1-9-6-17(7-10(2)18-9)8-11-4-3-5-16-12(11)13(14)15/h3-5,9-10H,6-8H2,1-2H3,(H3,14,15)/t9-,10+. The minimum absolute atomic E-state index is 0.0277. The fourth-order valence-corrected chi connectivity index (χ4v) is 2.46. The molecule has 1 saturated heterocycles. The average Bonchev–Trinajstić information content (AvgIpc) is 2.27. The van der Waals surface area contributed by atoms with Gasteiger partial charge in [0, 0.05) is 25.8 Å². The molecule has 1 aliphatic rings. The van der Waals surface area contributed by atoms with Crippen LogP contribution in [0.3, 0.4) is 0 Å². The Labute approximate surface area is 107 Å². The summed E-state index contributed by atoms with van der Waals surface area (Å²) in [7, 11) is 0. The van der Waals surface area contributed by atoms with E-state index in [0.29, 0.717) is 5.69 Å². The van der Waals surface area contributed by atoms with Crippen molar-refractivity contribution in [1.82, 2.24) is 9.88 Å². The first-order valence-corrected chi connectivity index (χ1v) is 6.22. The van der Waals surface area contributed by atoms with E-state index in [4.69, 9.17) is 15.9 Å². The molecule has 0 radical (unpaired) electrons. The second-order valence-electron chi connectivity index (χ2n) is 4.88. The molecule has 1 aromatic rings. The molecular weight excluding hydrogens is 228 g/mol. The van der Waals surface area contributed by atoms with Gasteiger partial charge in [-0.25, -0.2) is 0 Å². The van der Waals surface area contributed by atoms with Gasteiger partial charge in [0.2, 0.25) is 0 Å². The molecule has 1 aliphatic heterocycles. The van der Waals surface area contributed by atoms with Gasteiger partial charge in [0.1, 0.15) is 11.5 Å². The second-order valence-corrected chi connectivity index (χ2v) is 4.88. The Balaban J connectivity index is 2.11. The largest absolute Gasteiger partial charge is 0.382 e. The van der Waals surface area contributed by atoms with Crippen LogP contribution in [0.15, 0.2) is 18.3 Å². The van der Waals surface area contributed by atoms with Crippen LogP contribution in [0.2, 0.25) is 0 Å². The summed E-state index contributed by atoms with van der Waals surface area (Å²) in [4.78, 5) is 6.50. The van der Waals surface area contributed by atoms with Gasteiger partial charge < -0.3 is 10.5 Å². The quantitative estimate of drug-likeness (QED) is 0.617. The molecule has 0 bridgehead atoms. The first-order valence-electron chi connectivity index (χ1n) is 6.22. The van der Waals surface area contributed by atoms with Crippen LogP contribution in [0, 0.1) is 5.41 Å². The third kappa shape index (κ3) is 3.05. The van der Waals surface area contributed by atoms with E-state index in [1.54, 1.807) is 6.20 Å². The maximum absolute atomic E-state index is 7.54. The monoisotopic (exact) mass is 248 g/mol. The summed E-state index contributed by atoms with van der Waals surface area (Å²) in [6, 6.07) is 3.86. The molecule has 0 aromatic carbocycles.